The predicted molar refractivity (Wildman–Crippen MR) is 87.7 cm³/mol. The maximum atomic E-state index is 12.1. The fourth-order valence-electron chi connectivity index (χ4n) is 2.52. The van der Waals surface area contributed by atoms with Crippen LogP contribution in [0.2, 0.25) is 0 Å². The Hall–Kier alpha value is -1.56. The fraction of sp³-hybridized carbons (Fsp3) is 0.611. The smallest absolute Gasteiger partial charge is 0.390 e. The molecule has 0 saturated carbocycles. The van der Waals surface area contributed by atoms with Gasteiger partial charge in [-0.15, -0.1) is 0 Å². The number of benzene rings is 1. The molecule has 0 saturated heterocycles. The summed E-state index contributed by atoms with van der Waals surface area (Å²) in [5, 5.41) is 12.2. The quantitative estimate of drug-likeness (QED) is 0.669. The molecule has 0 aliphatic carbocycles. The van der Waals surface area contributed by atoms with Crippen molar-refractivity contribution in [3.05, 3.63) is 35.4 Å². The van der Waals surface area contributed by atoms with Gasteiger partial charge in [0.15, 0.2) is 0 Å². The number of rotatable bonds is 9. The van der Waals surface area contributed by atoms with Gasteiger partial charge in [0.05, 0.1) is 5.60 Å². The summed E-state index contributed by atoms with van der Waals surface area (Å²) >= 11 is 0. The van der Waals surface area contributed by atoms with E-state index in [1.165, 1.54) is 0 Å². The Morgan fingerprint density at radius 2 is 1.71 bits per heavy atom. The van der Waals surface area contributed by atoms with Gasteiger partial charge in [-0.25, -0.2) is 0 Å². The zero-order valence-electron chi connectivity index (χ0n) is 14.2. The zero-order valence-corrected chi connectivity index (χ0v) is 14.2. The first-order valence-corrected chi connectivity index (χ1v) is 8.35. The molecule has 0 bridgehead atoms. The van der Waals surface area contributed by atoms with E-state index in [0.717, 1.165) is 17.5 Å². The van der Waals surface area contributed by atoms with E-state index in [9.17, 15) is 23.1 Å². The molecule has 0 heterocycles. The van der Waals surface area contributed by atoms with Crippen molar-refractivity contribution >= 4 is 5.91 Å². The summed E-state index contributed by atoms with van der Waals surface area (Å²) in [5.41, 5.74) is 1.48. The number of hydrogen-bond donors (Lipinski definition) is 2. The Labute approximate surface area is 141 Å². The van der Waals surface area contributed by atoms with Gasteiger partial charge in [0.1, 0.15) is 0 Å². The Balaban J connectivity index is 2.44. The lowest BCUT2D eigenvalue weighted by Gasteiger charge is -2.25. The lowest BCUT2D eigenvalue weighted by molar-refractivity contribution is -0.173. The summed E-state index contributed by atoms with van der Waals surface area (Å²) in [6.07, 6.45) is -0.918. The number of hydrogen-bond acceptors (Lipinski definition) is 2. The second kappa shape index (κ2) is 9.06. The third kappa shape index (κ3) is 6.91. The average Bonchev–Trinajstić information content (AvgIpc) is 2.56. The highest BCUT2D eigenvalue weighted by molar-refractivity contribution is 5.81. The molecule has 0 aliphatic rings. The van der Waals surface area contributed by atoms with Crippen molar-refractivity contribution in [3.8, 4) is 0 Å². The van der Waals surface area contributed by atoms with E-state index in [2.05, 4.69) is 0 Å². The lowest BCUT2D eigenvalue weighted by Crippen LogP contribution is -2.37. The molecule has 0 aromatic heterocycles. The standard InChI is InChI=1S/C18H26F3NO2/c1-3-17(24,4-2)11-10-15-8-5-7-14(13-15)9-6-12-22-16(23)18(19,20)21/h5,7-8,13,24H,3-4,6,9-12H2,1-2H3,(H,22,23). The molecule has 2 N–H and O–H groups in total. The minimum Gasteiger partial charge on any atom is -0.390 e. The number of amides is 1. The van der Waals surface area contributed by atoms with Crippen molar-refractivity contribution in [1.29, 1.82) is 0 Å². The van der Waals surface area contributed by atoms with Crippen LogP contribution in [0, 0.1) is 0 Å². The molecule has 0 aliphatic heterocycles. The molecule has 136 valence electrons. The van der Waals surface area contributed by atoms with Gasteiger partial charge in [-0.1, -0.05) is 38.1 Å². The van der Waals surface area contributed by atoms with Crippen LogP contribution in [0.25, 0.3) is 0 Å². The number of aliphatic hydroxyl groups is 1. The van der Waals surface area contributed by atoms with Crippen molar-refractivity contribution in [2.24, 2.45) is 0 Å². The van der Waals surface area contributed by atoms with Crippen LogP contribution < -0.4 is 5.32 Å². The molecule has 1 rings (SSSR count). The van der Waals surface area contributed by atoms with Gasteiger partial charge in [-0.2, -0.15) is 13.2 Å². The van der Waals surface area contributed by atoms with Gasteiger partial charge in [0.25, 0.3) is 0 Å². The summed E-state index contributed by atoms with van der Waals surface area (Å²) in [5.74, 6) is -1.89. The number of carbonyl (C=O) groups excluding carboxylic acids is 1. The minimum absolute atomic E-state index is 0.00596. The number of halogens is 3. The van der Waals surface area contributed by atoms with E-state index < -0.39 is 17.7 Å². The van der Waals surface area contributed by atoms with E-state index in [0.29, 0.717) is 32.1 Å². The first-order valence-electron chi connectivity index (χ1n) is 8.35. The van der Waals surface area contributed by atoms with E-state index >= 15 is 0 Å². The monoisotopic (exact) mass is 345 g/mol. The summed E-state index contributed by atoms with van der Waals surface area (Å²) < 4.78 is 36.2. The van der Waals surface area contributed by atoms with Gasteiger partial charge in [0.2, 0.25) is 0 Å². The van der Waals surface area contributed by atoms with Crippen LogP contribution >= 0.6 is 0 Å². The van der Waals surface area contributed by atoms with E-state index in [1.54, 1.807) is 0 Å². The largest absolute Gasteiger partial charge is 0.471 e. The molecule has 0 unspecified atom stereocenters. The molecule has 0 fully saturated rings. The summed E-state index contributed by atoms with van der Waals surface area (Å²) in [6.45, 7) is 3.93. The van der Waals surface area contributed by atoms with E-state index in [4.69, 9.17) is 0 Å². The van der Waals surface area contributed by atoms with Crippen LogP contribution in [0.5, 0.6) is 0 Å². The summed E-state index contributed by atoms with van der Waals surface area (Å²) in [4.78, 5) is 10.7. The highest BCUT2D eigenvalue weighted by atomic mass is 19.4. The Kier molecular flexibility index (Phi) is 7.73. The first-order chi connectivity index (χ1) is 11.2. The van der Waals surface area contributed by atoms with Crippen LogP contribution in [0.1, 0.15) is 50.7 Å². The van der Waals surface area contributed by atoms with Crippen LogP contribution in [0.4, 0.5) is 13.2 Å². The van der Waals surface area contributed by atoms with Crippen LogP contribution in [-0.4, -0.2) is 29.3 Å². The number of alkyl halides is 3. The molecule has 0 spiro atoms. The SMILES string of the molecule is CCC(O)(CC)CCc1cccc(CCCNC(=O)C(F)(F)F)c1. The number of aryl methyl sites for hydroxylation is 2. The van der Waals surface area contributed by atoms with E-state index in [-0.39, 0.29) is 6.54 Å². The summed E-state index contributed by atoms with van der Waals surface area (Å²) in [6, 6.07) is 7.83. The van der Waals surface area contributed by atoms with Gasteiger partial charge in [-0.3, -0.25) is 4.79 Å². The topological polar surface area (TPSA) is 49.3 Å². The van der Waals surface area contributed by atoms with Gasteiger partial charge in [0, 0.05) is 6.54 Å². The maximum Gasteiger partial charge on any atom is 0.471 e. The minimum atomic E-state index is -4.82. The molecule has 24 heavy (non-hydrogen) atoms. The molecule has 0 atom stereocenters. The van der Waals surface area contributed by atoms with Gasteiger partial charge < -0.3 is 10.4 Å². The third-order valence-electron chi connectivity index (χ3n) is 4.37. The second-order valence-electron chi connectivity index (χ2n) is 6.11. The number of carbonyl (C=O) groups is 1. The van der Waals surface area contributed by atoms with Crippen LogP contribution in [-0.2, 0) is 17.6 Å². The lowest BCUT2D eigenvalue weighted by atomic mass is 9.89. The molecule has 6 heteroatoms. The third-order valence-corrected chi connectivity index (χ3v) is 4.37. The van der Waals surface area contributed by atoms with Crippen molar-refractivity contribution in [3.63, 3.8) is 0 Å². The molecule has 1 amide bonds. The molecule has 3 nitrogen and oxygen atoms in total. The first kappa shape index (κ1) is 20.5. The Bertz CT molecular complexity index is 525. The molecule has 0 radical (unpaired) electrons. The Morgan fingerprint density at radius 3 is 2.25 bits per heavy atom. The maximum absolute atomic E-state index is 12.1. The second-order valence-corrected chi connectivity index (χ2v) is 6.11. The van der Waals surface area contributed by atoms with Crippen molar-refractivity contribution in [1.82, 2.24) is 5.32 Å². The molecule has 1 aromatic carbocycles. The van der Waals surface area contributed by atoms with Crippen molar-refractivity contribution in [2.45, 2.75) is 64.1 Å². The van der Waals surface area contributed by atoms with Crippen molar-refractivity contribution < 1.29 is 23.1 Å². The average molecular weight is 345 g/mol. The normalized spacial score (nSPS) is 12.2. The molecular formula is C18H26F3NO2. The van der Waals surface area contributed by atoms with Gasteiger partial charge in [-0.05, 0) is 49.7 Å². The highest BCUT2D eigenvalue weighted by Crippen LogP contribution is 2.22. The van der Waals surface area contributed by atoms with Crippen LogP contribution in [0.15, 0.2) is 24.3 Å². The fourth-order valence-corrected chi connectivity index (χ4v) is 2.52. The van der Waals surface area contributed by atoms with Crippen molar-refractivity contribution in [2.75, 3.05) is 6.54 Å². The Morgan fingerprint density at radius 1 is 1.12 bits per heavy atom. The predicted octanol–water partition coefficient (Wildman–Crippen LogP) is 3.78. The highest BCUT2D eigenvalue weighted by Gasteiger charge is 2.38. The summed E-state index contributed by atoms with van der Waals surface area (Å²) in [7, 11) is 0. The zero-order chi connectivity index (χ0) is 18.2. The van der Waals surface area contributed by atoms with Gasteiger partial charge >= 0.3 is 12.1 Å². The molecule has 1 aromatic rings. The molecular weight excluding hydrogens is 319 g/mol. The number of nitrogens with one attached hydrogen (secondary N) is 1. The van der Waals surface area contributed by atoms with E-state index in [1.807, 2.05) is 43.4 Å². The van der Waals surface area contributed by atoms with Crippen LogP contribution in [0.3, 0.4) is 0 Å².